The van der Waals surface area contributed by atoms with Crippen LogP contribution in [-0.4, -0.2) is 10.1 Å². The van der Waals surface area contributed by atoms with Gasteiger partial charge in [-0.3, -0.25) is 0 Å². The van der Waals surface area contributed by atoms with Gasteiger partial charge in [0.1, 0.15) is 0 Å². The second kappa shape index (κ2) is 3.65. The van der Waals surface area contributed by atoms with Gasteiger partial charge in [0.2, 0.25) is 11.7 Å². The zero-order valence-corrected chi connectivity index (χ0v) is 10.8. The van der Waals surface area contributed by atoms with E-state index in [1.165, 1.54) is 0 Å². The molecule has 1 fully saturated rings. The Labute approximate surface area is 105 Å². The molecule has 2 aromatic rings. The molecule has 0 radical (unpaired) electrons. The summed E-state index contributed by atoms with van der Waals surface area (Å²) in [6, 6.07) is 3.94. The van der Waals surface area contributed by atoms with Crippen LogP contribution in [-0.2, 0) is 5.54 Å². The van der Waals surface area contributed by atoms with Gasteiger partial charge in [-0.05, 0) is 47.3 Å². The van der Waals surface area contributed by atoms with Gasteiger partial charge >= 0.3 is 0 Å². The van der Waals surface area contributed by atoms with E-state index < -0.39 is 0 Å². The van der Waals surface area contributed by atoms with E-state index in [-0.39, 0.29) is 5.54 Å². The van der Waals surface area contributed by atoms with Crippen molar-refractivity contribution in [2.45, 2.75) is 24.8 Å². The van der Waals surface area contributed by atoms with E-state index >= 15 is 0 Å². The van der Waals surface area contributed by atoms with Crippen LogP contribution in [0, 0.1) is 0 Å². The zero-order chi connectivity index (χ0) is 11.2. The van der Waals surface area contributed by atoms with Crippen molar-refractivity contribution in [3.63, 3.8) is 0 Å². The van der Waals surface area contributed by atoms with E-state index in [0.717, 1.165) is 27.9 Å². The number of nitrogens with two attached hydrogens (primary N) is 1. The number of thiophene rings is 1. The van der Waals surface area contributed by atoms with Crippen molar-refractivity contribution in [2.24, 2.45) is 5.73 Å². The first-order valence-corrected chi connectivity index (χ1v) is 6.67. The molecule has 2 heterocycles. The van der Waals surface area contributed by atoms with Gasteiger partial charge in [-0.2, -0.15) is 4.98 Å². The Kier molecular flexibility index (Phi) is 2.38. The molecular weight excluding hydrogens is 290 g/mol. The lowest BCUT2D eigenvalue weighted by molar-refractivity contribution is 0.181. The predicted octanol–water partition coefficient (Wildman–Crippen LogP) is 2.90. The molecule has 0 atom stereocenters. The number of hydrogen-bond donors (Lipinski definition) is 1. The number of rotatable bonds is 2. The van der Waals surface area contributed by atoms with Crippen molar-refractivity contribution in [3.8, 4) is 10.7 Å². The average Bonchev–Trinajstić information content (AvgIpc) is 2.82. The molecule has 0 amide bonds. The Bertz CT molecular complexity index is 518. The van der Waals surface area contributed by atoms with Gasteiger partial charge in [0, 0.05) is 0 Å². The van der Waals surface area contributed by atoms with Gasteiger partial charge in [0.25, 0.3) is 0 Å². The summed E-state index contributed by atoms with van der Waals surface area (Å²) < 4.78 is 6.30. The van der Waals surface area contributed by atoms with E-state index in [2.05, 4.69) is 26.1 Å². The third-order valence-electron chi connectivity index (χ3n) is 2.89. The molecule has 6 heteroatoms. The van der Waals surface area contributed by atoms with E-state index in [4.69, 9.17) is 10.3 Å². The van der Waals surface area contributed by atoms with Crippen LogP contribution in [0.1, 0.15) is 25.2 Å². The summed E-state index contributed by atoms with van der Waals surface area (Å²) >= 11 is 4.99. The molecule has 2 N–H and O–H groups in total. The lowest BCUT2D eigenvalue weighted by atomic mass is 9.78. The normalized spacial score (nSPS) is 18.4. The first-order chi connectivity index (χ1) is 7.67. The van der Waals surface area contributed by atoms with Crippen molar-refractivity contribution >= 4 is 27.3 Å². The Balaban J connectivity index is 1.93. The standard InChI is InChI=1S/C10H10BrN3OS/c11-7-3-2-6(16-7)8-13-9(15-14-8)10(12)4-1-5-10/h2-3H,1,4-5,12H2. The number of aromatic nitrogens is 2. The molecule has 4 nitrogen and oxygen atoms in total. The maximum atomic E-state index is 6.12. The fourth-order valence-corrected chi connectivity index (χ4v) is 3.04. The third kappa shape index (κ3) is 1.61. The van der Waals surface area contributed by atoms with Crippen LogP contribution < -0.4 is 5.73 Å². The summed E-state index contributed by atoms with van der Waals surface area (Å²) in [5.41, 5.74) is 5.74. The number of halogens is 1. The predicted molar refractivity (Wildman–Crippen MR) is 65.0 cm³/mol. The maximum Gasteiger partial charge on any atom is 0.247 e. The van der Waals surface area contributed by atoms with Crippen molar-refractivity contribution in [1.29, 1.82) is 0 Å². The minimum absolute atomic E-state index is 0.375. The van der Waals surface area contributed by atoms with Crippen LogP contribution >= 0.6 is 27.3 Å². The summed E-state index contributed by atoms with van der Waals surface area (Å²) in [6.45, 7) is 0. The van der Waals surface area contributed by atoms with Crippen LogP contribution in [0.15, 0.2) is 20.4 Å². The fraction of sp³-hybridized carbons (Fsp3) is 0.400. The maximum absolute atomic E-state index is 6.12. The fourth-order valence-electron chi connectivity index (χ4n) is 1.73. The van der Waals surface area contributed by atoms with Gasteiger partial charge < -0.3 is 10.3 Å². The molecule has 2 aromatic heterocycles. The molecule has 1 aliphatic carbocycles. The highest BCUT2D eigenvalue weighted by molar-refractivity contribution is 9.11. The highest BCUT2D eigenvalue weighted by Crippen LogP contribution is 2.39. The van der Waals surface area contributed by atoms with Gasteiger partial charge in [0.15, 0.2) is 0 Å². The topological polar surface area (TPSA) is 64.9 Å². The molecule has 0 unspecified atom stereocenters. The smallest absolute Gasteiger partial charge is 0.247 e. The molecule has 0 aliphatic heterocycles. The molecule has 0 saturated heterocycles. The highest BCUT2D eigenvalue weighted by atomic mass is 79.9. The first kappa shape index (κ1) is 10.4. The van der Waals surface area contributed by atoms with Crippen LogP contribution in [0.5, 0.6) is 0 Å². The largest absolute Gasteiger partial charge is 0.337 e. The monoisotopic (exact) mass is 299 g/mol. The minimum Gasteiger partial charge on any atom is -0.337 e. The summed E-state index contributed by atoms with van der Waals surface area (Å²) in [6.07, 6.45) is 3.00. The first-order valence-electron chi connectivity index (χ1n) is 5.06. The second-order valence-electron chi connectivity index (χ2n) is 4.04. The van der Waals surface area contributed by atoms with Gasteiger partial charge in [-0.15, -0.1) is 11.3 Å². The van der Waals surface area contributed by atoms with E-state index in [9.17, 15) is 0 Å². The van der Waals surface area contributed by atoms with Crippen molar-refractivity contribution < 1.29 is 4.52 Å². The van der Waals surface area contributed by atoms with Gasteiger partial charge in [-0.25, -0.2) is 0 Å². The van der Waals surface area contributed by atoms with Crippen LogP contribution in [0.4, 0.5) is 0 Å². The summed E-state index contributed by atoms with van der Waals surface area (Å²) in [7, 11) is 0. The number of nitrogens with zero attached hydrogens (tertiary/aromatic N) is 2. The second-order valence-corrected chi connectivity index (χ2v) is 6.50. The van der Waals surface area contributed by atoms with Crippen LogP contribution in [0.3, 0.4) is 0 Å². The summed E-state index contributed by atoms with van der Waals surface area (Å²) in [5, 5.41) is 3.97. The van der Waals surface area contributed by atoms with Gasteiger partial charge in [0.05, 0.1) is 14.2 Å². The minimum atomic E-state index is -0.375. The van der Waals surface area contributed by atoms with Crippen molar-refractivity contribution in [3.05, 3.63) is 21.8 Å². The molecule has 0 aromatic carbocycles. The Morgan fingerprint density at radius 1 is 1.44 bits per heavy atom. The molecule has 0 spiro atoms. The molecule has 84 valence electrons. The van der Waals surface area contributed by atoms with Crippen molar-refractivity contribution in [2.75, 3.05) is 0 Å². The molecular formula is C10H10BrN3OS. The SMILES string of the molecule is NC1(c2nc(-c3ccc(Br)s3)no2)CCC1. The Morgan fingerprint density at radius 3 is 2.81 bits per heavy atom. The quantitative estimate of drug-likeness (QED) is 0.926. The molecule has 16 heavy (non-hydrogen) atoms. The molecule has 0 bridgehead atoms. The van der Waals surface area contributed by atoms with E-state index in [0.29, 0.717) is 11.7 Å². The average molecular weight is 300 g/mol. The van der Waals surface area contributed by atoms with E-state index in [1.807, 2.05) is 12.1 Å². The molecule has 3 rings (SSSR count). The zero-order valence-electron chi connectivity index (χ0n) is 8.44. The highest BCUT2D eigenvalue weighted by Gasteiger charge is 2.40. The Hall–Kier alpha value is -0.720. The van der Waals surface area contributed by atoms with E-state index in [1.54, 1.807) is 11.3 Å². The lowest BCUT2D eigenvalue weighted by Crippen LogP contribution is -2.43. The molecule has 1 aliphatic rings. The Morgan fingerprint density at radius 2 is 2.25 bits per heavy atom. The lowest BCUT2D eigenvalue weighted by Gasteiger charge is -2.33. The molecule has 1 saturated carbocycles. The van der Waals surface area contributed by atoms with Crippen LogP contribution in [0.25, 0.3) is 10.7 Å². The summed E-state index contributed by atoms with van der Waals surface area (Å²) in [5.74, 6) is 1.20. The van der Waals surface area contributed by atoms with Gasteiger partial charge in [-0.1, -0.05) is 5.16 Å². The third-order valence-corrected chi connectivity index (χ3v) is 4.51. The van der Waals surface area contributed by atoms with Crippen LogP contribution in [0.2, 0.25) is 0 Å². The van der Waals surface area contributed by atoms with Crippen molar-refractivity contribution in [1.82, 2.24) is 10.1 Å². The number of hydrogen-bond acceptors (Lipinski definition) is 5. The summed E-state index contributed by atoms with van der Waals surface area (Å²) in [4.78, 5) is 5.36.